The number of nitrogens with one attached hydrogen (secondary N) is 1. The minimum Gasteiger partial charge on any atom is -0.393 e. The SMILES string of the molecule is CS(=O)(=O)NCC1CC(O)CC1O. The Morgan fingerprint density at radius 3 is 2.38 bits per heavy atom. The molecule has 0 bridgehead atoms. The van der Waals surface area contributed by atoms with E-state index in [1.54, 1.807) is 0 Å². The number of sulfonamides is 1. The van der Waals surface area contributed by atoms with Crippen molar-refractivity contribution in [1.29, 1.82) is 0 Å². The first-order valence-corrected chi connectivity index (χ1v) is 6.08. The molecule has 1 saturated carbocycles. The number of rotatable bonds is 3. The average molecular weight is 209 g/mol. The van der Waals surface area contributed by atoms with E-state index in [0.717, 1.165) is 6.26 Å². The molecular weight excluding hydrogens is 194 g/mol. The molecule has 5 nitrogen and oxygen atoms in total. The summed E-state index contributed by atoms with van der Waals surface area (Å²) < 4.78 is 23.8. The Labute approximate surface area is 77.8 Å². The first kappa shape index (κ1) is 10.9. The largest absolute Gasteiger partial charge is 0.393 e. The fraction of sp³-hybridized carbons (Fsp3) is 1.00. The highest BCUT2D eigenvalue weighted by Gasteiger charge is 2.31. The van der Waals surface area contributed by atoms with Gasteiger partial charge >= 0.3 is 0 Å². The van der Waals surface area contributed by atoms with E-state index in [9.17, 15) is 13.5 Å². The zero-order valence-corrected chi connectivity index (χ0v) is 8.29. The summed E-state index contributed by atoms with van der Waals surface area (Å²) in [6, 6.07) is 0. The van der Waals surface area contributed by atoms with Crippen molar-refractivity contribution in [3.63, 3.8) is 0 Å². The van der Waals surface area contributed by atoms with Gasteiger partial charge in [-0.15, -0.1) is 0 Å². The first-order chi connectivity index (χ1) is 5.88. The van der Waals surface area contributed by atoms with E-state index in [4.69, 9.17) is 5.11 Å². The van der Waals surface area contributed by atoms with Crippen molar-refractivity contribution < 1.29 is 18.6 Å². The number of hydrogen-bond acceptors (Lipinski definition) is 4. The Morgan fingerprint density at radius 1 is 1.38 bits per heavy atom. The summed E-state index contributed by atoms with van der Waals surface area (Å²) >= 11 is 0. The van der Waals surface area contributed by atoms with Crippen molar-refractivity contribution >= 4 is 10.0 Å². The van der Waals surface area contributed by atoms with Crippen LogP contribution in [0.5, 0.6) is 0 Å². The second kappa shape index (κ2) is 3.91. The molecule has 1 aliphatic rings. The molecule has 0 aromatic rings. The highest BCUT2D eigenvalue weighted by atomic mass is 32.2. The maximum Gasteiger partial charge on any atom is 0.208 e. The van der Waals surface area contributed by atoms with Crippen molar-refractivity contribution in [2.24, 2.45) is 5.92 Å². The van der Waals surface area contributed by atoms with E-state index in [0.29, 0.717) is 12.8 Å². The molecule has 0 aliphatic heterocycles. The fourth-order valence-corrected chi connectivity index (χ4v) is 2.07. The third-order valence-corrected chi connectivity index (χ3v) is 2.93. The van der Waals surface area contributed by atoms with Crippen LogP contribution in [0.3, 0.4) is 0 Å². The predicted octanol–water partition coefficient (Wildman–Crippen LogP) is -1.33. The molecule has 0 heterocycles. The average Bonchev–Trinajstić information content (AvgIpc) is 2.24. The van der Waals surface area contributed by atoms with Crippen molar-refractivity contribution in [1.82, 2.24) is 4.72 Å². The van der Waals surface area contributed by atoms with Gasteiger partial charge in [0.15, 0.2) is 0 Å². The third kappa shape index (κ3) is 3.60. The molecule has 3 unspecified atom stereocenters. The molecule has 13 heavy (non-hydrogen) atoms. The smallest absolute Gasteiger partial charge is 0.208 e. The van der Waals surface area contributed by atoms with E-state index in [-0.39, 0.29) is 12.5 Å². The van der Waals surface area contributed by atoms with Crippen molar-refractivity contribution in [3.05, 3.63) is 0 Å². The standard InChI is InChI=1S/C7H15NO4S/c1-13(11,12)8-4-5-2-6(9)3-7(5)10/h5-10H,2-4H2,1H3. The van der Waals surface area contributed by atoms with Gasteiger partial charge in [-0.25, -0.2) is 13.1 Å². The minimum absolute atomic E-state index is 0.162. The summed E-state index contributed by atoms with van der Waals surface area (Å²) in [6.45, 7) is 0.205. The Kier molecular flexibility index (Phi) is 3.28. The summed E-state index contributed by atoms with van der Waals surface area (Å²) in [5.41, 5.74) is 0. The normalized spacial score (nSPS) is 35.2. The van der Waals surface area contributed by atoms with Gasteiger partial charge in [0.25, 0.3) is 0 Å². The molecule has 0 saturated heterocycles. The summed E-state index contributed by atoms with van der Waals surface area (Å²) in [5, 5.41) is 18.5. The molecule has 3 N–H and O–H groups in total. The summed E-state index contributed by atoms with van der Waals surface area (Å²) in [5.74, 6) is -0.162. The van der Waals surface area contributed by atoms with E-state index in [1.807, 2.05) is 0 Å². The van der Waals surface area contributed by atoms with Gasteiger partial charge in [-0.2, -0.15) is 0 Å². The van der Waals surface area contributed by atoms with Crippen LogP contribution in [0.15, 0.2) is 0 Å². The molecule has 6 heteroatoms. The Balaban J connectivity index is 2.38. The first-order valence-electron chi connectivity index (χ1n) is 4.19. The molecule has 78 valence electrons. The Bertz CT molecular complexity index is 264. The molecule has 1 rings (SSSR count). The second-order valence-corrected chi connectivity index (χ2v) is 5.41. The topological polar surface area (TPSA) is 86.6 Å². The van der Waals surface area contributed by atoms with Gasteiger partial charge in [0.1, 0.15) is 0 Å². The van der Waals surface area contributed by atoms with E-state index >= 15 is 0 Å². The van der Waals surface area contributed by atoms with Crippen LogP contribution in [0.2, 0.25) is 0 Å². The van der Waals surface area contributed by atoms with Gasteiger partial charge in [-0.05, 0) is 12.8 Å². The van der Waals surface area contributed by atoms with E-state index in [2.05, 4.69) is 4.72 Å². The molecule has 0 spiro atoms. The lowest BCUT2D eigenvalue weighted by Crippen LogP contribution is -2.31. The van der Waals surface area contributed by atoms with Crippen LogP contribution >= 0.6 is 0 Å². The lowest BCUT2D eigenvalue weighted by atomic mass is 10.1. The lowest BCUT2D eigenvalue weighted by Gasteiger charge is -2.13. The molecule has 1 fully saturated rings. The molecule has 0 aromatic carbocycles. The van der Waals surface area contributed by atoms with Crippen LogP contribution < -0.4 is 4.72 Å². The third-order valence-electron chi connectivity index (χ3n) is 2.24. The molecule has 0 radical (unpaired) electrons. The molecule has 0 amide bonds. The maximum atomic E-state index is 10.7. The van der Waals surface area contributed by atoms with Gasteiger partial charge in [0, 0.05) is 12.5 Å². The second-order valence-electron chi connectivity index (χ2n) is 3.57. The zero-order chi connectivity index (χ0) is 10.1. The van der Waals surface area contributed by atoms with Crippen LogP contribution in [0, 0.1) is 5.92 Å². The van der Waals surface area contributed by atoms with Crippen LogP contribution in [-0.4, -0.2) is 43.6 Å². The summed E-state index contributed by atoms with van der Waals surface area (Å²) in [4.78, 5) is 0. The molecule has 0 aromatic heterocycles. The van der Waals surface area contributed by atoms with Gasteiger partial charge < -0.3 is 10.2 Å². The van der Waals surface area contributed by atoms with E-state index < -0.39 is 22.2 Å². The van der Waals surface area contributed by atoms with Gasteiger partial charge in [-0.3, -0.25) is 0 Å². The lowest BCUT2D eigenvalue weighted by molar-refractivity contribution is 0.121. The fourth-order valence-electron chi connectivity index (χ4n) is 1.55. The molecular formula is C7H15NO4S. The van der Waals surface area contributed by atoms with Crippen molar-refractivity contribution in [3.8, 4) is 0 Å². The predicted molar refractivity (Wildman–Crippen MR) is 47.6 cm³/mol. The van der Waals surface area contributed by atoms with Crippen LogP contribution in [-0.2, 0) is 10.0 Å². The summed E-state index contributed by atoms with van der Waals surface area (Å²) in [7, 11) is -3.20. The Hall–Kier alpha value is -0.170. The molecule has 3 atom stereocenters. The van der Waals surface area contributed by atoms with Gasteiger partial charge in [0.2, 0.25) is 10.0 Å². The monoisotopic (exact) mass is 209 g/mol. The minimum atomic E-state index is -3.20. The van der Waals surface area contributed by atoms with Crippen LogP contribution in [0.4, 0.5) is 0 Å². The highest BCUT2D eigenvalue weighted by molar-refractivity contribution is 7.88. The highest BCUT2D eigenvalue weighted by Crippen LogP contribution is 2.25. The number of hydrogen-bond donors (Lipinski definition) is 3. The van der Waals surface area contributed by atoms with Crippen LogP contribution in [0.25, 0.3) is 0 Å². The Morgan fingerprint density at radius 2 is 2.00 bits per heavy atom. The van der Waals surface area contributed by atoms with Gasteiger partial charge in [-0.1, -0.05) is 0 Å². The van der Waals surface area contributed by atoms with Crippen LogP contribution in [0.1, 0.15) is 12.8 Å². The van der Waals surface area contributed by atoms with Gasteiger partial charge in [0.05, 0.1) is 18.5 Å². The van der Waals surface area contributed by atoms with Crippen molar-refractivity contribution in [2.75, 3.05) is 12.8 Å². The van der Waals surface area contributed by atoms with Crippen molar-refractivity contribution in [2.45, 2.75) is 25.0 Å². The zero-order valence-electron chi connectivity index (χ0n) is 7.47. The quantitative estimate of drug-likeness (QED) is 0.537. The molecule has 1 aliphatic carbocycles. The number of aliphatic hydroxyl groups is 2. The van der Waals surface area contributed by atoms with E-state index in [1.165, 1.54) is 0 Å². The maximum absolute atomic E-state index is 10.7. The number of aliphatic hydroxyl groups excluding tert-OH is 2. The summed E-state index contributed by atoms with van der Waals surface area (Å²) in [6.07, 6.45) is 0.787.